The normalized spacial score (nSPS) is 13.9. The van der Waals surface area contributed by atoms with Crippen LogP contribution >= 0.6 is 15.6 Å². The molecule has 0 bridgehead atoms. The first-order valence-electron chi connectivity index (χ1n) is 38.8. The van der Waals surface area contributed by atoms with Gasteiger partial charge in [0.2, 0.25) is 0 Å². The molecule has 0 aromatic carbocycles. The fourth-order valence-electron chi connectivity index (χ4n) is 11.4. The van der Waals surface area contributed by atoms with Crippen LogP contribution in [0.25, 0.3) is 0 Å². The maximum atomic E-state index is 13.1. The van der Waals surface area contributed by atoms with Gasteiger partial charge in [0.05, 0.1) is 26.4 Å². The fraction of sp³-hybridized carbons (Fsp3) is 0.946. The van der Waals surface area contributed by atoms with Crippen molar-refractivity contribution >= 4 is 39.5 Å². The van der Waals surface area contributed by atoms with Gasteiger partial charge in [-0.15, -0.1) is 0 Å². The third-order valence-corrected chi connectivity index (χ3v) is 19.3. The lowest BCUT2D eigenvalue weighted by Crippen LogP contribution is -2.30. The van der Waals surface area contributed by atoms with Crippen molar-refractivity contribution < 1.29 is 80.2 Å². The van der Waals surface area contributed by atoms with Gasteiger partial charge in [-0.3, -0.25) is 37.3 Å². The number of unbranched alkanes of at least 4 members (excludes halogenated alkanes) is 49. The van der Waals surface area contributed by atoms with Crippen molar-refractivity contribution in [1.82, 2.24) is 0 Å². The third kappa shape index (κ3) is 68.4. The number of hydrogen-bond acceptors (Lipinski definition) is 15. The summed E-state index contributed by atoms with van der Waals surface area (Å²) in [5, 5.41) is 10.6. The minimum absolute atomic E-state index is 0.105. The standard InChI is InChI=1S/C74H144O17P2/c1-5-9-13-17-21-24-26-28-30-32-33-34-35-37-39-41-43-45-49-53-57-61-74(79)91-70(65-85-72(77)59-55-51-48-44-42-40-38-36-31-29-27-25-22-18-14-10-6-2)67-89-93(82,83)87-63-68(75)62-86-92(80,81)88-66-69(64-84-71(76)58-54-50-46-20-16-12-8-4)90-73(78)60-56-52-47-23-19-15-11-7-3/h68-70,75H,5-67H2,1-4H3,(H,80,81)(H,82,83)/t68-,69+,70+/m0/s1. The summed E-state index contributed by atoms with van der Waals surface area (Å²) in [6.45, 7) is 4.90. The van der Waals surface area contributed by atoms with Gasteiger partial charge in [-0.05, 0) is 25.7 Å². The summed E-state index contributed by atoms with van der Waals surface area (Å²) in [7, 11) is -9.89. The molecule has 0 aliphatic rings. The molecular formula is C74H144O17P2. The second-order valence-electron chi connectivity index (χ2n) is 26.7. The minimum Gasteiger partial charge on any atom is -0.462 e. The summed E-state index contributed by atoms with van der Waals surface area (Å²) in [5.74, 6) is -2.12. The van der Waals surface area contributed by atoms with Crippen LogP contribution in [0.1, 0.15) is 394 Å². The second kappa shape index (κ2) is 68.6. The van der Waals surface area contributed by atoms with E-state index in [4.69, 9.17) is 37.0 Å². The quantitative estimate of drug-likeness (QED) is 0.0222. The van der Waals surface area contributed by atoms with Gasteiger partial charge in [0.1, 0.15) is 19.3 Å². The van der Waals surface area contributed by atoms with Crippen LogP contribution in [-0.2, 0) is 65.4 Å². The highest BCUT2D eigenvalue weighted by atomic mass is 31.2. The molecule has 0 aliphatic carbocycles. The van der Waals surface area contributed by atoms with Crippen LogP contribution in [0.5, 0.6) is 0 Å². The predicted octanol–water partition coefficient (Wildman–Crippen LogP) is 21.8. The molecule has 0 aromatic heterocycles. The molecule has 19 heteroatoms. The molecule has 0 heterocycles. The number of aliphatic hydroxyl groups is 1. The molecule has 0 fully saturated rings. The molecule has 0 amide bonds. The summed E-state index contributed by atoms with van der Waals surface area (Å²) in [5.41, 5.74) is 0. The van der Waals surface area contributed by atoms with Gasteiger partial charge in [-0.2, -0.15) is 0 Å². The maximum Gasteiger partial charge on any atom is 0.472 e. The summed E-state index contributed by atoms with van der Waals surface area (Å²) in [4.78, 5) is 72.4. The van der Waals surface area contributed by atoms with Crippen LogP contribution in [0.4, 0.5) is 0 Å². The Morgan fingerprint density at radius 2 is 0.430 bits per heavy atom. The van der Waals surface area contributed by atoms with Gasteiger partial charge >= 0.3 is 39.5 Å². The fourth-order valence-corrected chi connectivity index (χ4v) is 13.0. The average molecular weight is 1370 g/mol. The summed E-state index contributed by atoms with van der Waals surface area (Å²) in [6, 6.07) is 0. The van der Waals surface area contributed by atoms with Gasteiger partial charge in [-0.25, -0.2) is 9.13 Å². The SMILES string of the molecule is CCCCCCCCCCCCCCCCCCCCCCCC(=O)O[C@H](COC(=O)CCCCCCCCCCCCCCCCCCC)COP(=O)(O)OC[C@@H](O)COP(=O)(O)OC[C@@H](COC(=O)CCCCCCCCC)OC(=O)CCCCCCCCCC. The van der Waals surface area contributed by atoms with E-state index in [0.717, 1.165) is 109 Å². The van der Waals surface area contributed by atoms with Gasteiger partial charge in [0, 0.05) is 25.7 Å². The molecule has 93 heavy (non-hydrogen) atoms. The van der Waals surface area contributed by atoms with Crippen LogP contribution < -0.4 is 0 Å². The van der Waals surface area contributed by atoms with Crippen LogP contribution in [0.3, 0.4) is 0 Å². The van der Waals surface area contributed by atoms with E-state index in [9.17, 15) is 43.2 Å². The Morgan fingerprint density at radius 1 is 0.258 bits per heavy atom. The average Bonchev–Trinajstić information content (AvgIpc) is 2.09. The molecule has 0 saturated heterocycles. The molecule has 0 aromatic rings. The van der Waals surface area contributed by atoms with Gasteiger partial charge in [-0.1, -0.05) is 342 Å². The molecule has 0 spiro atoms. The highest BCUT2D eigenvalue weighted by Crippen LogP contribution is 2.45. The van der Waals surface area contributed by atoms with Crippen LogP contribution in [0.2, 0.25) is 0 Å². The van der Waals surface area contributed by atoms with E-state index in [0.29, 0.717) is 25.7 Å². The highest BCUT2D eigenvalue weighted by molar-refractivity contribution is 7.47. The first-order chi connectivity index (χ1) is 45.2. The topological polar surface area (TPSA) is 237 Å². The van der Waals surface area contributed by atoms with E-state index in [-0.39, 0.29) is 25.7 Å². The van der Waals surface area contributed by atoms with Gasteiger partial charge in [0.25, 0.3) is 0 Å². The predicted molar refractivity (Wildman–Crippen MR) is 377 cm³/mol. The largest absolute Gasteiger partial charge is 0.472 e. The van der Waals surface area contributed by atoms with Crippen LogP contribution in [0.15, 0.2) is 0 Å². The van der Waals surface area contributed by atoms with Crippen molar-refractivity contribution in [3.63, 3.8) is 0 Å². The van der Waals surface area contributed by atoms with Crippen molar-refractivity contribution in [2.75, 3.05) is 39.6 Å². The van der Waals surface area contributed by atoms with E-state index < -0.39 is 97.5 Å². The molecule has 0 saturated carbocycles. The molecule has 17 nitrogen and oxygen atoms in total. The summed E-state index contributed by atoms with van der Waals surface area (Å²) in [6.07, 6.45) is 58.7. The zero-order valence-electron chi connectivity index (χ0n) is 60.2. The Kier molecular flexibility index (Phi) is 67.1. The first kappa shape index (κ1) is 91.1. The smallest absolute Gasteiger partial charge is 0.462 e. The van der Waals surface area contributed by atoms with Crippen molar-refractivity contribution in [1.29, 1.82) is 0 Å². The Balaban J connectivity index is 5.12. The Bertz CT molecular complexity index is 1770. The maximum absolute atomic E-state index is 13.1. The number of hydrogen-bond donors (Lipinski definition) is 3. The molecular weight excluding hydrogens is 1220 g/mol. The molecule has 0 aliphatic heterocycles. The van der Waals surface area contributed by atoms with Gasteiger partial charge < -0.3 is 33.8 Å². The summed E-state index contributed by atoms with van der Waals surface area (Å²) >= 11 is 0. The molecule has 0 radical (unpaired) electrons. The van der Waals surface area contributed by atoms with E-state index in [2.05, 4.69) is 27.7 Å². The number of carbonyl (C=O) groups is 4. The molecule has 2 unspecified atom stereocenters. The highest BCUT2D eigenvalue weighted by Gasteiger charge is 2.30. The Morgan fingerprint density at radius 3 is 0.634 bits per heavy atom. The van der Waals surface area contributed by atoms with Crippen molar-refractivity contribution in [2.24, 2.45) is 0 Å². The van der Waals surface area contributed by atoms with E-state index >= 15 is 0 Å². The molecule has 552 valence electrons. The monoisotopic (exact) mass is 1370 g/mol. The lowest BCUT2D eigenvalue weighted by molar-refractivity contribution is -0.161. The first-order valence-corrected chi connectivity index (χ1v) is 41.8. The van der Waals surface area contributed by atoms with Crippen LogP contribution in [0, 0.1) is 0 Å². The number of rotatable bonds is 75. The number of carbonyl (C=O) groups excluding carboxylic acids is 4. The summed E-state index contributed by atoms with van der Waals surface area (Å²) < 4.78 is 68.2. The lowest BCUT2D eigenvalue weighted by atomic mass is 10.0. The van der Waals surface area contributed by atoms with Crippen molar-refractivity contribution in [2.45, 2.75) is 412 Å². The van der Waals surface area contributed by atoms with E-state index in [1.165, 1.54) is 205 Å². The Hall–Kier alpha value is -1.94. The van der Waals surface area contributed by atoms with Crippen molar-refractivity contribution in [3.05, 3.63) is 0 Å². The van der Waals surface area contributed by atoms with Crippen LogP contribution in [-0.4, -0.2) is 96.7 Å². The Labute approximate surface area is 568 Å². The van der Waals surface area contributed by atoms with E-state index in [1.807, 2.05) is 0 Å². The lowest BCUT2D eigenvalue weighted by Gasteiger charge is -2.21. The minimum atomic E-state index is -4.95. The second-order valence-corrected chi connectivity index (χ2v) is 29.6. The van der Waals surface area contributed by atoms with Crippen molar-refractivity contribution in [3.8, 4) is 0 Å². The number of aliphatic hydroxyl groups excluding tert-OH is 1. The molecule has 5 atom stereocenters. The molecule has 3 N–H and O–H groups in total. The zero-order valence-corrected chi connectivity index (χ0v) is 62.0. The number of phosphoric ester groups is 2. The molecule has 0 rings (SSSR count). The number of esters is 4. The number of ether oxygens (including phenoxy) is 4. The van der Waals surface area contributed by atoms with Gasteiger partial charge in [0.15, 0.2) is 12.2 Å². The van der Waals surface area contributed by atoms with E-state index in [1.54, 1.807) is 0 Å². The number of phosphoric acid groups is 2. The zero-order chi connectivity index (χ0) is 68.2. The third-order valence-electron chi connectivity index (χ3n) is 17.4.